The summed E-state index contributed by atoms with van der Waals surface area (Å²) >= 11 is 0. The Morgan fingerprint density at radius 2 is 1.50 bits per heavy atom. The van der Waals surface area contributed by atoms with Crippen molar-refractivity contribution >= 4 is 17.7 Å². The van der Waals surface area contributed by atoms with Gasteiger partial charge in [0.1, 0.15) is 0 Å². The van der Waals surface area contributed by atoms with Crippen LogP contribution in [0.15, 0.2) is 54.6 Å². The first-order chi connectivity index (χ1) is 14.6. The van der Waals surface area contributed by atoms with Crippen LogP contribution in [0.5, 0.6) is 0 Å². The molecule has 4 rings (SSSR count). The van der Waals surface area contributed by atoms with Gasteiger partial charge in [-0.05, 0) is 43.5 Å². The molecule has 1 N–H and O–H groups in total. The molecule has 0 bridgehead atoms. The Balaban J connectivity index is 1.36. The third-order valence-electron chi connectivity index (χ3n) is 5.87. The number of hydrogen-bond acceptors (Lipinski definition) is 4. The zero-order chi connectivity index (χ0) is 20.9. The van der Waals surface area contributed by atoms with Gasteiger partial charge in [0.2, 0.25) is 5.91 Å². The Labute approximate surface area is 176 Å². The molecule has 2 heterocycles. The third kappa shape index (κ3) is 4.28. The van der Waals surface area contributed by atoms with Crippen LogP contribution in [0.4, 0.5) is 0 Å². The Morgan fingerprint density at radius 1 is 0.833 bits per heavy atom. The number of nitrogens with one attached hydrogen (secondary N) is 1. The molecule has 6 nitrogen and oxygen atoms in total. The maximum Gasteiger partial charge on any atom is 0.261 e. The number of benzene rings is 2. The van der Waals surface area contributed by atoms with Crippen molar-refractivity contribution in [2.75, 3.05) is 26.2 Å². The summed E-state index contributed by atoms with van der Waals surface area (Å²) in [6.45, 7) is 2.48. The summed E-state index contributed by atoms with van der Waals surface area (Å²) in [4.78, 5) is 41.2. The summed E-state index contributed by atoms with van der Waals surface area (Å²) in [5.41, 5.74) is 2.06. The largest absolute Gasteiger partial charge is 0.343 e. The van der Waals surface area contributed by atoms with Gasteiger partial charge in [-0.1, -0.05) is 42.5 Å². The molecule has 6 heteroatoms. The quantitative estimate of drug-likeness (QED) is 0.777. The van der Waals surface area contributed by atoms with Gasteiger partial charge in [0.05, 0.1) is 11.1 Å². The lowest BCUT2D eigenvalue weighted by Gasteiger charge is -2.25. The van der Waals surface area contributed by atoms with Crippen molar-refractivity contribution < 1.29 is 14.4 Å². The number of carbonyl (C=O) groups is 3. The fourth-order valence-electron chi connectivity index (χ4n) is 4.22. The maximum absolute atomic E-state index is 13.0. The standard InChI is InChI=1S/C24H27N3O3/c28-22-17-21(18-9-2-1-3-10-18)25-13-6-7-14-26(22)15-8-16-27-23(29)19-11-4-5-12-20(19)24(27)30/h1-5,9-12,21,25H,6-8,13-17H2/t21-/m0/s1. The zero-order valence-corrected chi connectivity index (χ0v) is 17.0. The summed E-state index contributed by atoms with van der Waals surface area (Å²) in [5, 5.41) is 3.51. The highest BCUT2D eigenvalue weighted by Gasteiger charge is 2.34. The number of fused-ring (bicyclic) bond motifs is 1. The summed E-state index contributed by atoms with van der Waals surface area (Å²) in [5.74, 6) is -0.361. The van der Waals surface area contributed by atoms with E-state index >= 15 is 0 Å². The van der Waals surface area contributed by atoms with Crippen molar-refractivity contribution in [2.24, 2.45) is 0 Å². The Hall–Kier alpha value is -2.99. The first-order valence-corrected chi connectivity index (χ1v) is 10.7. The van der Waals surface area contributed by atoms with Gasteiger partial charge >= 0.3 is 0 Å². The fraction of sp³-hybridized carbons (Fsp3) is 0.375. The Morgan fingerprint density at radius 3 is 2.20 bits per heavy atom. The lowest BCUT2D eigenvalue weighted by atomic mass is 10.0. The molecule has 0 unspecified atom stereocenters. The zero-order valence-electron chi connectivity index (χ0n) is 17.0. The molecule has 0 spiro atoms. The lowest BCUT2D eigenvalue weighted by Crippen LogP contribution is -2.37. The normalized spacial score (nSPS) is 20.0. The molecule has 30 heavy (non-hydrogen) atoms. The lowest BCUT2D eigenvalue weighted by molar-refractivity contribution is -0.131. The van der Waals surface area contributed by atoms with Gasteiger partial charge in [-0.25, -0.2) is 0 Å². The van der Waals surface area contributed by atoms with Crippen LogP contribution < -0.4 is 5.32 Å². The van der Waals surface area contributed by atoms with E-state index in [1.807, 2.05) is 23.1 Å². The van der Waals surface area contributed by atoms with Crippen molar-refractivity contribution in [1.82, 2.24) is 15.1 Å². The number of amides is 3. The smallest absolute Gasteiger partial charge is 0.261 e. The van der Waals surface area contributed by atoms with Gasteiger partial charge in [0.15, 0.2) is 0 Å². The molecule has 2 aliphatic rings. The molecule has 1 atom stereocenters. The summed E-state index contributed by atoms with van der Waals surface area (Å²) in [7, 11) is 0. The van der Waals surface area contributed by atoms with Crippen molar-refractivity contribution in [3.05, 3.63) is 71.3 Å². The molecule has 3 amide bonds. The number of rotatable bonds is 5. The average Bonchev–Trinajstić information content (AvgIpc) is 3.06. The molecule has 156 valence electrons. The molecular weight excluding hydrogens is 378 g/mol. The van der Waals surface area contributed by atoms with Gasteiger partial charge < -0.3 is 10.2 Å². The predicted molar refractivity (Wildman–Crippen MR) is 114 cm³/mol. The second-order valence-corrected chi connectivity index (χ2v) is 7.87. The van der Waals surface area contributed by atoms with E-state index in [0.29, 0.717) is 43.6 Å². The van der Waals surface area contributed by atoms with Gasteiger partial charge in [-0.15, -0.1) is 0 Å². The number of carbonyl (C=O) groups excluding carboxylic acids is 3. The summed E-state index contributed by atoms with van der Waals surface area (Å²) in [6.07, 6.45) is 2.94. The van der Waals surface area contributed by atoms with Crippen molar-refractivity contribution in [3.8, 4) is 0 Å². The molecule has 0 radical (unpaired) electrons. The molecule has 1 saturated heterocycles. The van der Waals surface area contributed by atoms with Crippen molar-refractivity contribution in [2.45, 2.75) is 31.7 Å². The van der Waals surface area contributed by atoms with Crippen LogP contribution >= 0.6 is 0 Å². The van der Waals surface area contributed by atoms with Crippen molar-refractivity contribution in [3.63, 3.8) is 0 Å². The van der Waals surface area contributed by atoms with E-state index in [0.717, 1.165) is 24.9 Å². The molecule has 0 aliphatic carbocycles. The minimum Gasteiger partial charge on any atom is -0.343 e. The van der Waals surface area contributed by atoms with Crippen LogP contribution in [0.3, 0.4) is 0 Å². The Bertz CT molecular complexity index is 893. The predicted octanol–water partition coefficient (Wildman–Crippen LogP) is 3.02. The molecular formula is C24H27N3O3. The topological polar surface area (TPSA) is 69.7 Å². The van der Waals surface area contributed by atoms with E-state index in [-0.39, 0.29) is 23.8 Å². The Kier molecular flexibility index (Phi) is 6.23. The molecule has 2 aliphatic heterocycles. The fourth-order valence-corrected chi connectivity index (χ4v) is 4.22. The third-order valence-corrected chi connectivity index (χ3v) is 5.87. The van der Waals surface area contributed by atoms with Gasteiger partial charge in [0, 0.05) is 32.1 Å². The monoisotopic (exact) mass is 405 g/mol. The van der Waals surface area contributed by atoms with Gasteiger partial charge in [-0.2, -0.15) is 0 Å². The highest BCUT2D eigenvalue weighted by atomic mass is 16.2. The van der Waals surface area contributed by atoms with Crippen LogP contribution in [-0.4, -0.2) is 53.7 Å². The molecule has 0 aromatic heterocycles. The number of imide groups is 1. The van der Waals surface area contributed by atoms with Crippen LogP contribution in [0.2, 0.25) is 0 Å². The molecule has 2 aromatic carbocycles. The van der Waals surface area contributed by atoms with E-state index in [1.54, 1.807) is 24.3 Å². The second kappa shape index (κ2) is 9.22. The van der Waals surface area contributed by atoms with E-state index in [1.165, 1.54) is 4.90 Å². The first-order valence-electron chi connectivity index (χ1n) is 10.7. The minimum atomic E-state index is -0.236. The molecule has 1 fully saturated rings. The van der Waals surface area contributed by atoms with Gasteiger partial charge in [-0.3, -0.25) is 19.3 Å². The van der Waals surface area contributed by atoms with Crippen LogP contribution in [0.25, 0.3) is 0 Å². The second-order valence-electron chi connectivity index (χ2n) is 7.87. The summed E-state index contributed by atoms with van der Waals surface area (Å²) in [6, 6.07) is 17.0. The highest BCUT2D eigenvalue weighted by Crippen LogP contribution is 2.23. The maximum atomic E-state index is 13.0. The van der Waals surface area contributed by atoms with Crippen LogP contribution in [-0.2, 0) is 4.79 Å². The van der Waals surface area contributed by atoms with E-state index in [2.05, 4.69) is 17.4 Å². The van der Waals surface area contributed by atoms with Crippen LogP contribution in [0.1, 0.15) is 58.0 Å². The SMILES string of the molecule is O=C1C[C@@H](c2ccccc2)NCCCCN1CCCN1C(=O)c2ccccc2C1=O. The van der Waals surface area contributed by atoms with Gasteiger partial charge in [0.25, 0.3) is 11.8 Å². The molecule has 0 saturated carbocycles. The average molecular weight is 405 g/mol. The molecule has 2 aromatic rings. The number of hydrogen-bond donors (Lipinski definition) is 1. The highest BCUT2D eigenvalue weighted by molar-refractivity contribution is 6.21. The van der Waals surface area contributed by atoms with E-state index < -0.39 is 0 Å². The minimum absolute atomic E-state index is 0.00976. The van der Waals surface area contributed by atoms with Crippen LogP contribution in [0, 0.1) is 0 Å². The number of nitrogens with zero attached hydrogens (tertiary/aromatic N) is 2. The van der Waals surface area contributed by atoms with Crippen molar-refractivity contribution in [1.29, 1.82) is 0 Å². The summed E-state index contributed by atoms with van der Waals surface area (Å²) < 4.78 is 0. The van der Waals surface area contributed by atoms with E-state index in [9.17, 15) is 14.4 Å². The first kappa shape index (κ1) is 20.3. The van der Waals surface area contributed by atoms with E-state index in [4.69, 9.17) is 0 Å².